The van der Waals surface area contributed by atoms with Crippen LogP contribution in [0.2, 0.25) is 0 Å². The Hall–Kier alpha value is -3.09. The minimum atomic E-state index is -0.524. The Labute approximate surface area is 253 Å². The molecule has 0 spiro atoms. The second-order valence-electron chi connectivity index (χ2n) is 7.78. The molecule has 202 valence electrons. The Morgan fingerprint density at radius 2 is 0.538 bits per heavy atom. The molecule has 4 unspecified atom stereocenters. The van der Waals surface area contributed by atoms with Gasteiger partial charge in [-0.15, -0.1) is 34.7 Å². The summed E-state index contributed by atoms with van der Waals surface area (Å²) >= 11 is 4.98. The van der Waals surface area contributed by atoms with E-state index in [0.29, 0.717) is 0 Å². The van der Waals surface area contributed by atoms with Crippen molar-refractivity contribution in [1.82, 2.24) is 0 Å². The fraction of sp³-hybridized carbons (Fsp3) is 0.133. The van der Waals surface area contributed by atoms with E-state index in [9.17, 15) is 0 Å². The van der Waals surface area contributed by atoms with Gasteiger partial charge in [0.2, 0.25) is 0 Å². The SMILES string of the molecule is N#C[SH2+].N#C[SH2+].[Co+3].[NH-]C(c1ccccc1)C([NH-])c1ccccc1.[NH-]C(c1ccccc1)C([NH-])c1ccccc1. The van der Waals surface area contributed by atoms with Crippen molar-refractivity contribution < 1.29 is 16.8 Å². The van der Waals surface area contributed by atoms with Crippen molar-refractivity contribution in [2.75, 3.05) is 0 Å². The van der Waals surface area contributed by atoms with E-state index < -0.39 is 24.2 Å². The van der Waals surface area contributed by atoms with E-state index >= 15 is 0 Å². The maximum atomic E-state index is 8.07. The van der Waals surface area contributed by atoms with Crippen LogP contribution in [-0.4, -0.2) is 0 Å². The zero-order valence-corrected chi connectivity index (χ0v) is 24.1. The third-order valence-electron chi connectivity index (χ3n) is 5.30. The van der Waals surface area contributed by atoms with Crippen molar-refractivity contribution in [3.8, 4) is 10.8 Å². The van der Waals surface area contributed by atoms with Crippen LogP contribution in [0.4, 0.5) is 0 Å². The number of rotatable bonds is 6. The van der Waals surface area contributed by atoms with Gasteiger partial charge < -0.3 is 22.9 Å². The van der Waals surface area contributed by atoms with Gasteiger partial charge >= 0.3 is 27.6 Å². The second-order valence-corrected chi connectivity index (χ2v) is 8.22. The monoisotopic (exact) mass is 599 g/mol. The Balaban J connectivity index is 0.000000604. The van der Waals surface area contributed by atoms with Crippen LogP contribution in [-0.2, 0) is 42.0 Å². The van der Waals surface area contributed by atoms with Crippen molar-refractivity contribution in [3.05, 3.63) is 167 Å². The van der Waals surface area contributed by atoms with Crippen LogP contribution in [0.5, 0.6) is 0 Å². The average molecular weight is 600 g/mol. The molecule has 0 saturated carbocycles. The van der Waals surface area contributed by atoms with Gasteiger partial charge in [-0.1, -0.05) is 144 Å². The molecule has 0 aliphatic heterocycles. The molecule has 4 atom stereocenters. The Kier molecular flexibility index (Phi) is 20.1. The van der Waals surface area contributed by atoms with Crippen molar-refractivity contribution in [2.45, 2.75) is 24.2 Å². The van der Waals surface area contributed by atoms with Gasteiger partial charge in [0.1, 0.15) is 0 Å². The summed E-state index contributed by atoms with van der Waals surface area (Å²) in [4.78, 5) is 0. The van der Waals surface area contributed by atoms with Gasteiger partial charge in [-0.2, -0.15) is 0 Å². The molecular formula is C30H32CoN6S2+. The molecule has 4 aromatic rings. The zero-order valence-electron chi connectivity index (χ0n) is 21.1. The predicted molar refractivity (Wildman–Crippen MR) is 166 cm³/mol. The largest absolute Gasteiger partial charge is 3.00 e. The minimum Gasteiger partial charge on any atom is -0.672 e. The van der Waals surface area contributed by atoms with Gasteiger partial charge in [0, 0.05) is 0 Å². The Bertz CT molecular complexity index is 1030. The molecule has 4 N–H and O–H groups in total. The van der Waals surface area contributed by atoms with E-state index in [1.54, 1.807) is 10.8 Å². The van der Waals surface area contributed by atoms with E-state index in [-0.39, 0.29) is 16.8 Å². The molecule has 0 amide bonds. The van der Waals surface area contributed by atoms with E-state index in [1.807, 2.05) is 121 Å². The van der Waals surface area contributed by atoms with Gasteiger partial charge in [-0.05, 0) is 0 Å². The summed E-state index contributed by atoms with van der Waals surface area (Å²) in [6, 6.07) is 36.1. The van der Waals surface area contributed by atoms with Crippen LogP contribution in [0.25, 0.3) is 22.9 Å². The van der Waals surface area contributed by atoms with E-state index in [2.05, 4.69) is 25.3 Å². The Morgan fingerprint density at radius 3 is 0.667 bits per heavy atom. The van der Waals surface area contributed by atoms with Crippen LogP contribution < -0.4 is 0 Å². The number of nitriles is 2. The maximum Gasteiger partial charge on any atom is 3.00 e. The molecule has 4 aromatic carbocycles. The fourth-order valence-corrected chi connectivity index (χ4v) is 3.41. The minimum absolute atomic E-state index is 0. The quantitative estimate of drug-likeness (QED) is 0.163. The van der Waals surface area contributed by atoms with Crippen molar-refractivity contribution in [1.29, 1.82) is 10.5 Å². The Morgan fingerprint density at radius 1 is 0.410 bits per heavy atom. The number of nitrogens with zero attached hydrogens (tertiary/aromatic N) is 2. The predicted octanol–water partition coefficient (Wildman–Crippen LogP) is 8.10. The molecule has 0 saturated heterocycles. The first-order valence-electron chi connectivity index (χ1n) is 11.6. The smallest absolute Gasteiger partial charge is 0.672 e. The normalized spacial score (nSPS) is 12.2. The van der Waals surface area contributed by atoms with E-state index in [0.717, 1.165) is 22.3 Å². The first-order valence-corrected chi connectivity index (χ1v) is 12.6. The third-order valence-corrected chi connectivity index (χ3v) is 5.30. The van der Waals surface area contributed by atoms with Gasteiger partial charge in [0.25, 0.3) is 0 Å². The molecule has 39 heavy (non-hydrogen) atoms. The fourth-order valence-electron chi connectivity index (χ4n) is 3.41. The molecule has 4 rings (SSSR count). The molecule has 0 fully saturated rings. The van der Waals surface area contributed by atoms with E-state index in [4.69, 9.17) is 33.5 Å². The van der Waals surface area contributed by atoms with Crippen LogP contribution in [0.1, 0.15) is 46.4 Å². The average Bonchev–Trinajstić information content (AvgIpc) is 2.98. The molecule has 0 heterocycles. The van der Waals surface area contributed by atoms with Crippen LogP contribution in [0, 0.1) is 21.3 Å². The van der Waals surface area contributed by atoms with Gasteiger partial charge in [0.05, 0.1) is 25.3 Å². The summed E-state index contributed by atoms with van der Waals surface area (Å²) < 4.78 is 0. The molecule has 0 radical (unpaired) electrons. The summed E-state index contributed by atoms with van der Waals surface area (Å²) in [5.74, 6) is 0. The molecule has 0 aliphatic carbocycles. The number of benzene rings is 4. The first-order chi connectivity index (χ1) is 18.4. The summed E-state index contributed by atoms with van der Waals surface area (Å²) in [7, 11) is 0. The number of nitrogens with one attached hydrogen (secondary N) is 4. The number of thiocyanates is 2. The van der Waals surface area contributed by atoms with Crippen LogP contribution >= 0.6 is 0 Å². The van der Waals surface area contributed by atoms with Crippen molar-refractivity contribution in [3.63, 3.8) is 0 Å². The van der Waals surface area contributed by atoms with Gasteiger partial charge in [-0.25, -0.2) is 0 Å². The molecule has 6 nitrogen and oxygen atoms in total. The summed E-state index contributed by atoms with van der Waals surface area (Å²) in [5, 5.41) is 17.6. The summed E-state index contributed by atoms with van der Waals surface area (Å²) in [6.07, 6.45) is 0. The van der Waals surface area contributed by atoms with Crippen molar-refractivity contribution in [2.24, 2.45) is 0 Å². The molecule has 0 aromatic heterocycles. The third kappa shape index (κ3) is 13.5. The number of hydrogen-bond donors (Lipinski definition) is 0. The molecular weight excluding hydrogens is 567 g/mol. The van der Waals surface area contributed by atoms with Crippen LogP contribution in [0.15, 0.2) is 121 Å². The summed E-state index contributed by atoms with van der Waals surface area (Å²) in [5.41, 5.74) is 35.9. The summed E-state index contributed by atoms with van der Waals surface area (Å²) in [6.45, 7) is 0. The topological polar surface area (TPSA) is 143 Å². The maximum absolute atomic E-state index is 8.07. The number of hydrogen-bond acceptors (Lipinski definition) is 2. The second kappa shape index (κ2) is 21.8. The van der Waals surface area contributed by atoms with Gasteiger partial charge in [-0.3, -0.25) is 0 Å². The zero-order chi connectivity index (χ0) is 28.2. The molecule has 9 heteroatoms. The van der Waals surface area contributed by atoms with Gasteiger partial charge in [0.15, 0.2) is 0 Å². The molecule has 0 bridgehead atoms. The van der Waals surface area contributed by atoms with E-state index in [1.165, 1.54) is 0 Å². The standard InChI is InChI=1S/2C14H14N2.2CHNS.Co/c2*15-13(11-7-3-1-4-8-11)14(16)12-9-5-2-6-10-12;2*2-1-3;/h2*1-10,13-16H;2*3H;/q2*-2;;;+3/p+2. The van der Waals surface area contributed by atoms with Crippen molar-refractivity contribution >= 4 is 25.3 Å². The van der Waals surface area contributed by atoms with Crippen LogP contribution in [0.3, 0.4) is 0 Å². The first kappa shape index (κ1) is 35.9. The molecule has 0 aliphatic rings.